The van der Waals surface area contributed by atoms with Gasteiger partial charge in [-0.05, 0) is 5.56 Å². The van der Waals surface area contributed by atoms with Gasteiger partial charge < -0.3 is 24.8 Å². The second-order valence-electron chi connectivity index (χ2n) is 6.58. The van der Waals surface area contributed by atoms with E-state index in [1.54, 1.807) is 12.1 Å². The minimum absolute atomic E-state index is 0.358. The van der Waals surface area contributed by atoms with Gasteiger partial charge in [0.05, 0.1) is 21.3 Å². The van der Waals surface area contributed by atoms with E-state index < -0.39 is 30.4 Å². The van der Waals surface area contributed by atoms with Crippen molar-refractivity contribution in [3.8, 4) is 17.2 Å². The number of hydrogen-bond donors (Lipinski definition) is 2. The smallest absolute Gasteiger partial charge is 0.325 e. The van der Waals surface area contributed by atoms with Crippen molar-refractivity contribution >= 4 is 23.5 Å². The number of hydrogen-bond acceptors (Lipinski definition) is 6. The van der Waals surface area contributed by atoms with Crippen LogP contribution in [-0.4, -0.2) is 56.7 Å². The fourth-order valence-corrected chi connectivity index (χ4v) is 3.21. The minimum Gasteiger partial charge on any atom is -0.493 e. The first-order valence-electron chi connectivity index (χ1n) is 9.22. The van der Waals surface area contributed by atoms with E-state index in [0.717, 1.165) is 10.5 Å². The second kappa shape index (κ2) is 9.17. The predicted octanol–water partition coefficient (Wildman–Crippen LogP) is 1.81. The van der Waals surface area contributed by atoms with E-state index in [0.29, 0.717) is 29.4 Å². The Hall–Kier alpha value is -3.75. The van der Waals surface area contributed by atoms with Crippen molar-refractivity contribution in [1.29, 1.82) is 0 Å². The van der Waals surface area contributed by atoms with E-state index in [9.17, 15) is 14.4 Å². The maximum Gasteiger partial charge on any atom is 0.325 e. The molecule has 2 aromatic carbocycles. The first-order chi connectivity index (χ1) is 14.5. The van der Waals surface area contributed by atoms with Crippen LogP contribution >= 0.6 is 0 Å². The molecule has 9 nitrogen and oxygen atoms in total. The molecule has 1 fully saturated rings. The normalized spacial score (nSPS) is 15.6. The maximum atomic E-state index is 12.6. The summed E-state index contributed by atoms with van der Waals surface area (Å²) in [6.07, 6.45) is 0.358. The topological polar surface area (TPSA) is 106 Å². The third kappa shape index (κ3) is 4.45. The summed E-state index contributed by atoms with van der Waals surface area (Å²) in [7, 11) is 4.40. The molecular weight excluding hydrogens is 390 g/mol. The highest BCUT2D eigenvalue weighted by molar-refractivity contribution is 6.08. The molecule has 0 saturated carbocycles. The highest BCUT2D eigenvalue weighted by atomic mass is 16.5. The number of rotatable bonds is 8. The molecule has 0 radical (unpaired) electrons. The molecule has 1 saturated heterocycles. The number of ether oxygens (including phenoxy) is 3. The molecule has 1 heterocycles. The summed E-state index contributed by atoms with van der Waals surface area (Å²) in [5.74, 6) is 0.142. The average Bonchev–Trinajstić information content (AvgIpc) is 3.00. The summed E-state index contributed by atoms with van der Waals surface area (Å²) in [6.45, 7) is -0.410. The molecule has 0 aliphatic carbocycles. The van der Waals surface area contributed by atoms with Crippen LogP contribution in [-0.2, 0) is 16.0 Å². The molecule has 0 bridgehead atoms. The molecule has 1 aliphatic heterocycles. The first kappa shape index (κ1) is 21.0. The van der Waals surface area contributed by atoms with Gasteiger partial charge in [-0.2, -0.15) is 0 Å². The summed E-state index contributed by atoms with van der Waals surface area (Å²) in [6, 6.07) is 11.2. The van der Waals surface area contributed by atoms with Gasteiger partial charge in [-0.3, -0.25) is 14.5 Å². The highest BCUT2D eigenvalue weighted by Crippen LogP contribution is 2.39. The van der Waals surface area contributed by atoms with Gasteiger partial charge in [0.1, 0.15) is 12.6 Å². The van der Waals surface area contributed by atoms with Crippen LogP contribution in [0.3, 0.4) is 0 Å². The van der Waals surface area contributed by atoms with Gasteiger partial charge in [-0.15, -0.1) is 0 Å². The SMILES string of the molecule is COc1cc(NC(=O)CN2C(=O)N[C@@H](Cc3ccccc3)C2=O)cc(OC)c1OC. The van der Waals surface area contributed by atoms with Crippen molar-refractivity contribution in [3.63, 3.8) is 0 Å². The maximum absolute atomic E-state index is 12.6. The third-order valence-electron chi connectivity index (χ3n) is 4.64. The number of imide groups is 1. The van der Waals surface area contributed by atoms with E-state index in [4.69, 9.17) is 14.2 Å². The predicted molar refractivity (Wildman–Crippen MR) is 109 cm³/mol. The Kier molecular flexibility index (Phi) is 6.41. The lowest BCUT2D eigenvalue weighted by molar-refractivity contribution is -0.130. The number of benzene rings is 2. The Labute approximate surface area is 173 Å². The minimum atomic E-state index is -0.700. The van der Waals surface area contributed by atoms with Crippen molar-refractivity contribution in [2.24, 2.45) is 0 Å². The van der Waals surface area contributed by atoms with Crippen molar-refractivity contribution in [3.05, 3.63) is 48.0 Å². The molecule has 30 heavy (non-hydrogen) atoms. The lowest BCUT2D eigenvalue weighted by atomic mass is 10.1. The molecule has 2 N–H and O–H groups in total. The number of nitrogens with zero attached hydrogens (tertiary/aromatic N) is 1. The van der Waals surface area contributed by atoms with Gasteiger partial charge in [-0.25, -0.2) is 4.79 Å². The Morgan fingerprint density at radius 1 is 1.03 bits per heavy atom. The molecule has 158 valence electrons. The Bertz CT molecular complexity index is 922. The molecule has 2 aromatic rings. The summed E-state index contributed by atoms with van der Waals surface area (Å²) < 4.78 is 15.8. The van der Waals surface area contributed by atoms with Crippen LogP contribution in [0.2, 0.25) is 0 Å². The number of amides is 4. The second-order valence-corrected chi connectivity index (χ2v) is 6.58. The van der Waals surface area contributed by atoms with Crippen LogP contribution in [0.5, 0.6) is 17.2 Å². The molecule has 1 atom stereocenters. The standard InChI is InChI=1S/C21H23N3O6/c1-28-16-10-14(11-17(29-2)19(16)30-3)22-18(25)12-24-20(26)15(23-21(24)27)9-13-7-5-4-6-8-13/h4-8,10-11,15H,9,12H2,1-3H3,(H,22,25)(H,23,27)/t15-/m0/s1. The van der Waals surface area contributed by atoms with Crippen LogP contribution in [0.25, 0.3) is 0 Å². The van der Waals surface area contributed by atoms with Gasteiger partial charge in [0.2, 0.25) is 11.7 Å². The molecule has 0 aromatic heterocycles. The summed E-state index contributed by atoms with van der Waals surface area (Å²) in [5.41, 5.74) is 1.29. The summed E-state index contributed by atoms with van der Waals surface area (Å²) >= 11 is 0. The number of carbonyl (C=O) groups excluding carboxylic acids is 3. The molecular formula is C21H23N3O6. The largest absolute Gasteiger partial charge is 0.493 e. The van der Waals surface area contributed by atoms with Gasteiger partial charge >= 0.3 is 6.03 Å². The van der Waals surface area contributed by atoms with E-state index in [-0.39, 0.29) is 0 Å². The average molecular weight is 413 g/mol. The van der Waals surface area contributed by atoms with Gasteiger partial charge in [-0.1, -0.05) is 30.3 Å². The fourth-order valence-electron chi connectivity index (χ4n) is 3.21. The number of carbonyl (C=O) groups is 3. The lowest BCUT2D eigenvalue weighted by Gasteiger charge is -2.16. The first-order valence-corrected chi connectivity index (χ1v) is 9.22. The zero-order chi connectivity index (χ0) is 21.7. The number of anilines is 1. The number of nitrogens with one attached hydrogen (secondary N) is 2. The summed E-state index contributed by atoms with van der Waals surface area (Å²) in [4.78, 5) is 38.2. The van der Waals surface area contributed by atoms with E-state index in [1.165, 1.54) is 21.3 Å². The molecule has 9 heteroatoms. The molecule has 3 rings (SSSR count). The molecule has 0 spiro atoms. The van der Waals surface area contributed by atoms with Crippen molar-refractivity contribution in [1.82, 2.24) is 10.2 Å². The zero-order valence-electron chi connectivity index (χ0n) is 16.9. The number of urea groups is 1. The van der Waals surface area contributed by atoms with Gasteiger partial charge in [0, 0.05) is 24.2 Å². The van der Waals surface area contributed by atoms with Crippen LogP contribution in [0.1, 0.15) is 5.56 Å². The molecule has 0 unspecified atom stereocenters. The van der Waals surface area contributed by atoms with E-state index in [1.807, 2.05) is 30.3 Å². The van der Waals surface area contributed by atoms with E-state index in [2.05, 4.69) is 10.6 Å². The van der Waals surface area contributed by atoms with Crippen LogP contribution < -0.4 is 24.8 Å². The Morgan fingerprint density at radius 2 is 1.67 bits per heavy atom. The molecule has 4 amide bonds. The highest BCUT2D eigenvalue weighted by Gasteiger charge is 2.38. The van der Waals surface area contributed by atoms with Crippen molar-refractivity contribution in [2.75, 3.05) is 33.2 Å². The lowest BCUT2D eigenvalue weighted by Crippen LogP contribution is -2.38. The zero-order valence-corrected chi connectivity index (χ0v) is 16.9. The fraction of sp³-hybridized carbons (Fsp3) is 0.286. The Balaban J connectivity index is 1.67. The van der Waals surface area contributed by atoms with Crippen LogP contribution in [0, 0.1) is 0 Å². The number of methoxy groups -OCH3 is 3. The van der Waals surface area contributed by atoms with Crippen LogP contribution in [0.4, 0.5) is 10.5 Å². The quantitative estimate of drug-likeness (QED) is 0.640. The van der Waals surface area contributed by atoms with Gasteiger partial charge in [0.15, 0.2) is 11.5 Å². The Morgan fingerprint density at radius 3 is 2.23 bits per heavy atom. The monoisotopic (exact) mass is 413 g/mol. The van der Waals surface area contributed by atoms with E-state index >= 15 is 0 Å². The van der Waals surface area contributed by atoms with Gasteiger partial charge in [0.25, 0.3) is 5.91 Å². The third-order valence-corrected chi connectivity index (χ3v) is 4.64. The van der Waals surface area contributed by atoms with Crippen molar-refractivity contribution < 1.29 is 28.6 Å². The van der Waals surface area contributed by atoms with Crippen molar-refractivity contribution in [2.45, 2.75) is 12.5 Å². The van der Waals surface area contributed by atoms with Crippen LogP contribution in [0.15, 0.2) is 42.5 Å². The summed E-state index contributed by atoms with van der Waals surface area (Å²) in [5, 5.41) is 5.27. The molecule has 1 aliphatic rings.